The van der Waals surface area contributed by atoms with E-state index in [9.17, 15) is 14.7 Å². The number of nitrogens with one attached hydrogen (secondary N) is 1. The molecule has 14 heteroatoms. The third kappa shape index (κ3) is 5.25. The first-order chi connectivity index (χ1) is 28.5. The van der Waals surface area contributed by atoms with Gasteiger partial charge in [-0.15, -0.1) is 0 Å². The van der Waals surface area contributed by atoms with Crippen LogP contribution in [0.3, 0.4) is 0 Å². The summed E-state index contributed by atoms with van der Waals surface area (Å²) in [7, 11) is 5.95. The van der Waals surface area contributed by atoms with Gasteiger partial charge in [-0.3, -0.25) is 19.4 Å². The van der Waals surface area contributed by atoms with Crippen LogP contribution in [0.15, 0.2) is 42.5 Å². The van der Waals surface area contributed by atoms with Gasteiger partial charge in [0.15, 0.2) is 6.10 Å². The normalized spacial score (nSPS) is 35.4. The standard InChI is InChI=1S/C46H56F2N4O8/c1-9-43-13-10-15-52-16-14-44(37(43)52)31-19-32(35(57-6)20-34(31)50(5)38(44)46(56,41(55)59-8)39(43)60-26(3)53)45(40(54)58-7)21-27-18-28(42(4,47)48)23-51(22-27)24-30-29-17-25(2)11-12-33(29)49-36(30)45/h10-13,17,19-20,27-28,37-39,49,56H,9,14-16,18,21-24H2,1-8H3/t27-,28?,37+,38-,39-,43-,44-,45+,46+/m1/s1. The molecule has 1 aromatic heterocycles. The largest absolute Gasteiger partial charge is 0.496 e. The van der Waals surface area contributed by atoms with Crippen molar-refractivity contribution < 1.29 is 47.2 Å². The summed E-state index contributed by atoms with van der Waals surface area (Å²) in [6.07, 6.45) is 4.04. The number of carbonyl (C=O) groups excluding carboxylic acids is 3. The average molecular weight is 831 g/mol. The number of ether oxygens (including phenoxy) is 4. The van der Waals surface area contributed by atoms with Gasteiger partial charge < -0.3 is 33.9 Å². The number of likely N-dealkylation sites (N-methyl/N-ethyl adjacent to an activating group) is 1. The molecule has 6 aliphatic rings. The van der Waals surface area contributed by atoms with Gasteiger partial charge in [0.1, 0.15) is 11.2 Å². The van der Waals surface area contributed by atoms with E-state index in [4.69, 9.17) is 18.9 Å². The second-order valence-corrected chi connectivity index (χ2v) is 18.5. The van der Waals surface area contributed by atoms with Crippen molar-refractivity contribution >= 4 is 34.5 Å². The van der Waals surface area contributed by atoms with Crippen molar-refractivity contribution in [2.24, 2.45) is 17.3 Å². The number of aliphatic hydroxyl groups is 1. The lowest BCUT2D eigenvalue weighted by Crippen LogP contribution is -2.81. The summed E-state index contributed by atoms with van der Waals surface area (Å²) in [5.41, 5.74) is -0.619. The number of nitrogens with zero attached hydrogens (tertiary/aromatic N) is 3. The Morgan fingerprint density at radius 2 is 1.78 bits per heavy atom. The van der Waals surface area contributed by atoms with E-state index in [0.717, 1.165) is 34.5 Å². The first-order valence-electron chi connectivity index (χ1n) is 21.1. The number of rotatable bonds is 7. The summed E-state index contributed by atoms with van der Waals surface area (Å²) >= 11 is 0. The van der Waals surface area contributed by atoms with Crippen molar-refractivity contribution in [1.82, 2.24) is 14.8 Å². The molecule has 2 saturated heterocycles. The van der Waals surface area contributed by atoms with Crippen LogP contribution in [0.4, 0.5) is 14.5 Å². The van der Waals surface area contributed by atoms with E-state index in [1.54, 1.807) is 0 Å². The van der Waals surface area contributed by atoms with Gasteiger partial charge in [-0.2, -0.15) is 0 Å². The number of aryl methyl sites for hydroxylation is 1. The molecule has 1 spiro atoms. The summed E-state index contributed by atoms with van der Waals surface area (Å²) in [5.74, 6) is -5.93. The van der Waals surface area contributed by atoms with E-state index in [0.29, 0.717) is 61.7 Å². The van der Waals surface area contributed by atoms with Crippen LogP contribution in [0, 0.1) is 24.2 Å². The fourth-order valence-corrected chi connectivity index (χ4v) is 13.4. The van der Waals surface area contributed by atoms with E-state index in [2.05, 4.69) is 20.9 Å². The average Bonchev–Trinajstić information content (AvgIpc) is 3.86. The third-order valence-corrected chi connectivity index (χ3v) is 15.5. The van der Waals surface area contributed by atoms with E-state index in [1.165, 1.54) is 28.3 Å². The van der Waals surface area contributed by atoms with Crippen molar-refractivity contribution in [3.8, 4) is 5.75 Å². The maximum absolute atomic E-state index is 15.4. The molecule has 9 rings (SSSR count). The highest BCUT2D eigenvalue weighted by atomic mass is 19.3. The van der Waals surface area contributed by atoms with E-state index < -0.39 is 63.7 Å². The fraction of sp³-hybridized carbons (Fsp3) is 0.587. The number of anilines is 1. The summed E-state index contributed by atoms with van der Waals surface area (Å²) in [6.45, 7) is 8.55. The molecule has 2 aromatic carbocycles. The Morgan fingerprint density at radius 3 is 2.45 bits per heavy atom. The number of carbonyl (C=O) groups is 3. The zero-order valence-electron chi connectivity index (χ0n) is 35.7. The topological polar surface area (TPSA) is 134 Å². The van der Waals surface area contributed by atoms with E-state index in [1.807, 2.05) is 62.2 Å². The number of piperidine rings is 1. The van der Waals surface area contributed by atoms with Gasteiger partial charge in [0.2, 0.25) is 11.5 Å². The maximum Gasteiger partial charge on any atom is 0.344 e. The van der Waals surface area contributed by atoms with Crippen LogP contribution < -0.4 is 9.64 Å². The first-order valence-corrected chi connectivity index (χ1v) is 21.1. The second-order valence-electron chi connectivity index (χ2n) is 18.5. The number of methoxy groups -OCH3 is 3. The molecule has 0 amide bonds. The lowest BCUT2D eigenvalue weighted by molar-refractivity contribution is -0.228. The Balaban J connectivity index is 1.36. The molecule has 1 aliphatic carbocycles. The zero-order chi connectivity index (χ0) is 42.9. The Morgan fingerprint density at radius 1 is 1.03 bits per heavy atom. The number of benzene rings is 2. The molecule has 3 fully saturated rings. The van der Waals surface area contributed by atoms with Crippen molar-refractivity contribution in [2.45, 2.75) is 100 Å². The minimum Gasteiger partial charge on any atom is -0.496 e. The number of aromatic amines is 1. The number of hydrogen-bond donors (Lipinski definition) is 2. The molecule has 60 heavy (non-hydrogen) atoms. The van der Waals surface area contributed by atoms with Crippen LogP contribution >= 0.6 is 0 Å². The van der Waals surface area contributed by atoms with Crippen LogP contribution in [-0.4, -0.2) is 122 Å². The molecule has 322 valence electrons. The van der Waals surface area contributed by atoms with Gasteiger partial charge in [-0.1, -0.05) is 30.7 Å². The molecular weight excluding hydrogens is 775 g/mol. The number of aromatic nitrogens is 1. The van der Waals surface area contributed by atoms with Gasteiger partial charge in [-0.05, 0) is 81.3 Å². The van der Waals surface area contributed by atoms with Crippen molar-refractivity contribution in [3.63, 3.8) is 0 Å². The highest BCUT2D eigenvalue weighted by Gasteiger charge is 2.80. The number of alkyl halides is 2. The van der Waals surface area contributed by atoms with Crippen LogP contribution in [0.25, 0.3) is 10.9 Å². The molecule has 6 heterocycles. The Bertz CT molecular complexity index is 2330. The van der Waals surface area contributed by atoms with Crippen molar-refractivity contribution in [2.75, 3.05) is 59.5 Å². The zero-order valence-corrected chi connectivity index (χ0v) is 35.7. The highest BCUT2D eigenvalue weighted by Crippen LogP contribution is 2.68. The van der Waals surface area contributed by atoms with Crippen molar-refractivity contribution in [3.05, 3.63) is 70.4 Å². The lowest BCUT2D eigenvalue weighted by Gasteiger charge is -2.63. The Labute approximate surface area is 349 Å². The highest BCUT2D eigenvalue weighted by molar-refractivity contribution is 5.95. The maximum atomic E-state index is 15.4. The molecule has 2 N–H and O–H groups in total. The predicted molar refractivity (Wildman–Crippen MR) is 219 cm³/mol. The van der Waals surface area contributed by atoms with E-state index in [-0.39, 0.29) is 31.3 Å². The summed E-state index contributed by atoms with van der Waals surface area (Å²) in [6, 6.07) is 8.62. The van der Waals surface area contributed by atoms with Gasteiger partial charge >= 0.3 is 17.9 Å². The third-order valence-electron chi connectivity index (χ3n) is 15.5. The SMILES string of the molecule is CC[C@]12C=CCN3CC[C@@]4(c5cc([C@@]6(C(=O)OC)C[C@H]7CC(C(C)(F)F)CN(Cc8c6[nH]c6ccc(C)cc86)C7)c(OC)cc5N(C)[C@H]4[C@@](O)(C(=O)OC)[C@@H]1OC(C)=O)[C@@H]32. The molecule has 2 unspecified atom stereocenters. The van der Waals surface area contributed by atoms with E-state index >= 15 is 13.6 Å². The number of esters is 3. The van der Waals surface area contributed by atoms with Gasteiger partial charge in [0, 0.05) is 96.9 Å². The quantitative estimate of drug-likeness (QED) is 0.181. The molecule has 0 radical (unpaired) electrons. The molecule has 10 atom stereocenters. The predicted octanol–water partition coefficient (Wildman–Crippen LogP) is 5.39. The number of fused-ring (bicyclic) bond motifs is 6. The number of hydrogen-bond acceptors (Lipinski definition) is 11. The number of H-pyrrole nitrogens is 1. The molecule has 2 bridgehead atoms. The number of halogens is 2. The first kappa shape index (κ1) is 40.9. The summed E-state index contributed by atoms with van der Waals surface area (Å²) in [5, 5.41) is 14.2. The Kier molecular flexibility index (Phi) is 9.35. The molecule has 5 aliphatic heterocycles. The second kappa shape index (κ2) is 13.7. The van der Waals surface area contributed by atoms with Gasteiger partial charge in [0.05, 0.1) is 27.4 Å². The van der Waals surface area contributed by atoms with Crippen molar-refractivity contribution in [1.29, 1.82) is 0 Å². The van der Waals surface area contributed by atoms with Crippen LogP contribution in [0.5, 0.6) is 5.75 Å². The summed E-state index contributed by atoms with van der Waals surface area (Å²) < 4.78 is 54.5. The molecule has 1 saturated carbocycles. The summed E-state index contributed by atoms with van der Waals surface area (Å²) in [4.78, 5) is 52.6. The monoisotopic (exact) mass is 830 g/mol. The molecule has 12 nitrogen and oxygen atoms in total. The van der Waals surface area contributed by atoms with Crippen LogP contribution in [0.2, 0.25) is 0 Å². The minimum absolute atomic E-state index is 0.154. The molecular formula is C46H56F2N4O8. The molecule has 3 aromatic rings. The lowest BCUT2D eigenvalue weighted by atomic mass is 9.47. The Hall–Kier alpha value is -4.53. The van der Waals surface area contributed by atoms with Crippen LogP contribution in [-0.2, 0) is 46.0 Å². The minimum atomic E-state index is -2.94. The smallest absolute Gasteiger partial charge is 0.344 e. The van der Waals surface area contributed by atoms with Crippen LogP contribution in [0.1, 0.15) is 74.4 Å². The van der Waals surface area contributed by atoms with Gasteiger partial charge in [-0.25, -0.2) is 13.6 Å². The fourth-order valence-electron chi connectivity index (χ4n) is 13.4. The van der Waals surface area contributed by atoms with Gasteiger partial charge in [0.25, 0.3) is 0 Å².